The lowest BCUT2D eigenvalue weighted by molar-refractivity contribution is -0.131. The summed E-state index contributed by atoms with van der Waals surface area (Å²) >= 11 is 0. The number of rotatable bonds is 10. The zero-order valence-corrected chi connectivity index (χ0v) is 22.2. The molecule has 39 heavy (non-hydrogen) atoms. The molecule has 204 valence electrons. The average molecular weight is 533 g/mol. The summed E-state index contributed by atoms with van der Waals surface area (Å²) in [5, 5.41) is 5.42. The SMILES string of the molecule is COc1ccc(C(=O)Nc2ccccc2C(=O)N[C@H](C(=O)NNC(=O)COc2ccc(C)cc2)C(C)C)cc1. The second kappa shape index (κ2) is 13.6. The summed E-state index contributed by atoms with van der Waals surface area (Å²) in [5.74, 6) is -1.33. The monoisotopic (exact) mass is 532 g/mol. The molecule has 3 rings (SSSR count). The van der Waals surface area contributed by atoms with Gasteiger partial charge in [0, 0.05) is 5.56 Å². The topological polar surface area (TPSA) is 135 Å². The van der Waals surface area contributed by atoms with Crippen LogP contribution >= 0.6 is 0 Å². The zero-order chi connectivity index (χ0) is 28.4. The molecule has 4 N–H and O–H groups in total. The van der Waals surface area contributed by atoms with Crippen molar-refractivity contribution in [3.8, 4) is 11.5 Å². The Morgan fingerprint density at radius 3 is 2.08 bits per heavy atom. The molecule has 0 aliphatic heterocycles. The van der Waals surface area contributed by atoms with Crippen molar-refractivity contribution in [3.05, 3.63) is 89.5 Å². The number of carbonyl (C=O) groups excluding carboxylic acids is 4. The number of hydrogen-bond donors (Lipinski definition) is 4. The molecule has 0 radical (unpaired) electrons. The average Bonchev–Trinajstić information content (AvgIpc) is 2.94. The van der Waals surface area contributed by atoms with Crippen LogP contribution in [0.3, 0.4) is 0 Å². The maximum atomic E-state index is 13.1. The highest BCUT2D eigenvalue weighted by Gasteiger charge is 2.26. The lowest BCUT2D eigenvalue weighted by atomic mass is 10.0. The molecule has 10 nitrogen and oxygen atoms in total. The van der Waals surface area contributed by atoms with E-state index in [1.54, 1.807) is 74.5 Å². The van der Waals surface area contributed by atoms with Crippen molar-refractivity contribution in [2.45, 2.75) is 26.8 Å². The first-order valence-electron chi connectivity index (χ1n) is 12.3. The third-order valence-corrected chi connectivity index (χ3v) is 5.72. The molecule has 0 aromatic heterocycles. The molecule has 0 aliphatic carbocycles. The highest BCUT2D eigenvalue weighted by Crippen LogP contribution is 2.18. The molecule has 1 atom stereocenters. The molecule has 0 aliphatic rings. The third kappa shape index (κ3) is 8.32. The van der Waals surface area contributed by atoms with E-state index >= 15 is 0 Å². The van der Waals surface area contributed by atoms with E-state index in [2.05, 4.69) is 21.5 Å². The summed E-state index contributed by atoms with van der Waals surface area (Å²) in [5.41, 5.74) is 6.52. The summed E-state index contributed by atoms with van der Waals surface area (Å²) in [4.78, 5) is 50.8. The Balaban J connectivity index is 1.59. The summed E-state index contributed by atoms with van der Waals surface area (Å²) in [7, 11) is 1.53. The van der Waals surface area contributed by atoms with Crippen LogP contribution in [0.15, 0.2) is 72.8 Å². The Hall–Kier alpha value is -4.86. The minimum absolute atomic E-state index is 0.174. The first kappa shape index (κ1) is 28.7. The standard InChI is InChI=1S/C29H32N4O6/c1-18(2)26(29(37)33-32-25(34)17-39-22-13-9-19(3)10-14-22)31-28(36)23-7-5-6-8-24(23)30-27(35)20-11-15-21(38-4)16-12-20/h5-16,18,26H,17H2,1-4H3,(H,30,35)(H,31,36)(H,32,34)(H,33,37)/t26-/m0/s1. The minimum Gasteiger partial charge on any atom is -0.497 e. The molecule has 0 fully saturated rings. The lowest BCUT2D eigenvalue weighted by Crippen LogP contribution is -2.55. The fourth-order valence-electron chi connectivity index (χ4n) is 3.51. The van der Waals surface area contributed by atoms with Crippen molar-refractivity contribution in [3.63, 3.8) is 0 Å². The number of benzene rings is 3. The molecule has 10 heteroatoms. The van der Waals surface area contributed by atoms with Gasteiger partial charge in [0.25, 0.3) is 23.6 Å². The summed E-state index contributed by atoms with van der Waals surface area (Å²) in [6.07, 6.45) is 0. The molecule has 0 saturated carbocycles. The maximum Gasteiger partial charge on any atom is 0.276 e. The smallest absolute Gasteiger partial charge is 0.276 e. The number of hydrazine groups is 1. The number of hydrogen-bond acceptors (Lipinski definition) is 6. The van der Waals surface area contributed by atoms with E-state index in [4.69, 9.17) is 9.47 Å². The number of methoxy groups -OCH3 is 1. The van der Waals surface area contributed by atoms with E-state index in [1.807, 2.05) is 19.1 Å². The predicted molar refractivity (Wildman–Crippen MR) is 146 cm³/mol. The van der Waals surface area contributed by atoms with Crippen LogP contribution in [0.1, 0.15) is 40.1 Å². The van der Waals surface area contributed by atoms with Gasteiger partial charge in [-0.25, -0.2) is 0 Å². The number of anilines is 1. The van der Waals surface area contributed by atoms with E-state index in [0.29, 0.717) is 17.1 Å². The number of para-hydroxylation sites is 1. The fraction of sp³-hybridized carbons (Fsp3) is 0.241. The van der Waals surface area contributed by atoms with Crippen molar-refractivity contribution in [2.75, 3.05) is 19.0 Å². The Bertz CT molecular complexity index is 1310. The van der Waals surface area contributed by atoms with Crippen LogP contribution in [-0.2, 0) is 9.59 Å². The van der Waals surface area contributed by atoms with Crippen LogP contribution in [0.25, 0.3) is 0 Å². The van der Waals surface area contributed by atoms with Gasteiger partial charge in [-0.15, -0.1) is 0 Å². The molecule has 0 unspecified atom stereocenters. The van der Waals surface area contributed by atoms with Gasteiger partial charge in [-0.1, -0.05) is 43.7 Å². The van der Waals surface area contributed by atoms with Gasteiger partial charge < -0.3 is 20.1 Å². The number of carbonyl (C=O) groups is 4. The Kier molecular flexibility index (Phi) is 10.0. The van der Waals surface area contributed by atoms with Crippen LogP contribution in [0.4, 0.5) is 5.69 Å². The van der Waals surface area contributed by atoms with Crippen LogP contribution in [0.2, 0.25) is 0 Å². The van der Waals surface area contributed by atoms with E-state index in [0.717, 1.165) is 5.56 Å². The molecule has 3 aromatic rings. The second-order valence-corrected chi connectivity index (χ2v) is 9.06. The molecule has 0 bridgehead atoms. The van der Waals surface area contributed by atoms with Gasteiger partial charge in [-0.2, -0.15) is 0 Å². The summed E-state index contributed by atoms with van der Waals surface area (Å²) < 4.78 is 10.5. The highest BCUT2D eigenvalue weighted by molar-refractivity contribution is 6.09. The second-order valence-electron chi connectivity index (χ2n) is 9.06. The van der Waals surface area contributed by atoms with Crippen molar-refractivity contribution >= 4 is 29.3 Å². The normalized spacial score (nSPS) is 11.2. The zero-order valence-electron chi connectivity index (χ0n) is 22.2. The first-order valence-corrected chi connectivity index (χ1v) is 12.3. The van der Waals surface area contributed by atoms with Crippen molar-refractivity contribution in [1.82, 2.24) is 16.2 Å². The Labute approximate surface area is 227 Å². The minimum atomic E-state index is -0.971. The van der Waals surface area contributed by atoms with Crippen molar-refractivity contribution in [2.24, 2.45) is 5.92 Å². The fourth-order valence-corrected chi connectivity index (χ4v) is 3.51. The van der Waals surface area contributed by atoms with E-state index in [-0.39, 0.29) is 23.8 Å². The van der Waals surface area contributed by atoms with Crippen LogP contribution in [-0.4, -0.2) is 43.4 Å². The number of amides is 4. The van der Waals surface area contributed by atoms with Gasteiger partial charge >= 0.3 is 0 Å². The molecular weight excluding hydrogens is 500 g/mol. The van der Waals surface area contributed by atoms with Gasteiger partial charge in [-0.05, 0) is 61.4 Å². The van der Waals surface area contributed by atoms with Crippen LogP contribution in [0, 0.1) is 12.8 Å². The van der Waals surface area contributed by atoms with Crippen LogP contribution in [0.5, 0.6) is 11.5 Å². The molecule has 0 saturated heterocycles. The quantitative estimate of drug-likeness (QED) is 0.296. The molecular formula is C29H32N4O6. The van der Waals surface area contributed by atoms with Crippen molar-refractivity contribution < 1.29 is 28.7 Å². The lowest BCUT2D eigenvalue weighted by Gasteiger charge is -2.22. The van der Waals surface area contributed by atoms with Gasteiger partial charge in [0.15, 0.2) is 6.61 Å². The number of ether oxygens (including phenoxy) is 2. The third-order valence-electron chi connectivity index (χ3n) is 5.72. The van der Waals surface area contributed by atoms with E-state index < -0.39 is 29.7 Å². The highest BCUT2D eigenvalue weighted by atomic mass is 16.5. The Morgan fingerprint density at radius 2 is 1.44 bits per heavy atom. The molecule has 0 spiro atoms. The van der Waals surface area contributed by atoms with Gasteiger partial charge in [-0.3, -0.25) is 30.0 Å². The molecule has 0 heterocycles. The largest absolute Gasteiger partial charge is 0.497 e. The molecule has 3 aromatic carbocycles. The first-order chi connectivity index (χ1) is 18.7. The van der Waals surface area contributed by atoms with E-state index in [9.17, 15) is 19.2 Å². The predicted octanol–water partition coefficient (Wildman–Crippen LogP) is 3.24. The maximum absolute atomic E-state index is 13.1. The summed E-state index contributed by atoms with van der Waals surface area (Å²) in [6.45, 7) is 5.14. The van der Waals surface area contributed by atoms with Crippen molar-refractivity contribution in [1.29, 1.82) is 0 Å². The van der Waals surface area contributed by atoms with Gasteiger partial charge in [0.1, 0.15) is 17.5 Å². The van der Waals surface area contributed by atoms with E-state index in [1.165, 1.54) is 7.11 Å². The van der Waals surface area contributed by atoms with Gasteiger partial charge in [0.05, 0.1) is 18.4 Å². The van der Waals surface area contributed by atoms with Gasteiger partial charge in [0.2, 0.25) is 0 Å². The number of aryl methyl sites for hydroxylation is 1. The Morgan fingerprint density at radius 1 is 0.795 bits per heavy atom. The summed E-state index contributed by atoms with van der Waals surface area (Å²) in [6, 6.07) is 19.2. The number of nitrogens with one attached hydrogen (secondary N) is 4. The molecule has 4 amide bonds. The van der Waals surface area contributed by atoms with Crippen LogP contribution < -0.4 is 31.0 Å².